The van der Waals surface area contributed by atoms with E-state index in [-0.39, 0.29) is 6.04 Å². The molecule has 0 amide bonds. The lowest BCUT2D eigenvalue weighted by molar-refractivity contribution is 0.476. The van der Waals surface area contributed by atoms with E-state index in [9.17, 15) is 0 Å². The Bertz CT molecular complexity index is 621. The Morgan fingerprint density at radius 3 is 2.86 bits per heavy atom. The molecule has 1 aliphatic carbocycles. The standard InChI is InChI=1S/C18H19BrClN/c19-15-8-14(9-16(20)11-15)18(21)10-13-6-3-5-12-4-1-2-7-17(12)13/h1-2,4,7-9,11,13,18H,3,5-6,10,21H2. The van der Waals surface area contributed by atoms with Crippen LogP contribution in [0, 0.1) is 0 Å². The zero-order valence-corrected chi connectivity index (χ0v) is 14.2. The second-order valence-corrected chi connectivity index (χ2v) is 7.19. The van der Waals surface area contributed by atoms with Gasteiger partial charge in [-0.15, -0.1) is 0 Å². The summed E-state index contributed by atoms with van der Waals surface area (Å²) in [4.78, 5) is 0. The summed E-state index contributed by atoms with van der Waals surface area (Å²) in [5.74, 6) is 0.558. The largest absolute Gasteiger partial charge is 0.324 e. The van der Waals surface area contributed by atoms with Gasteiger partial charge in [-0.25, -0.2) is 0 Å². The number of rotatable bonds is 3. The van der Waals surface area contributed by atoms with Crippen LogP contribution >= 0.6 is 27.5 Å². The van der Waals surface area contributed by atoms with E-state index >= 15 is 0 Å². The van der Waals surface area contributed by atoms with Crippen molar-refractivity contribution in [1.82, 2.24) is 0 Å². The second kappa shape index (κ2) is 6.51. The first-order chi connectivity index (χ1) is 10.1. The fraction of sp³-hybridized carbons (Fsp3) is 0.333. The highest BCUT2D eigenvalue weighted by molar-refractivity contribution is 9.10. The smallest absolute Gasteiger partial charge is 0.0420 e. The molecule has 0 fully saturated rings. The van der Waals surface area contributed by atoms with Gasteiger partial charge in [0.1, 0.15) is 0 Å². The molecule has 2 aromatic carbocycles. The van der Waals surface area contributed by atoms with Crippen LogP contribution in [-0.4, -0.2) is 0 Å². The number of hydrogen-bond acceptors (Lipinski definition) is 1. The fourth-order valence-electron chi connectivity index (χ4n) is 3.33. The summed E-state index contributed by atoms with van der Waals surface area (Å²) < 4.78 is 0.990. The van der Waals surface area contributed by atoms with Crippen molar-refractivity contribution >= 4 is 27.5 Å². The third-order valence-corrected chi connectivity index (χ3v) is 5.02. The molecule has 0 heterocycles. The Balaban J connectivity index is 1.81. The molecular formula is C18H19BrClN. The van der Waals surface area contributed by atoms with Crippen LogP contribution in [0.2, 0.25) is 5.02 Å². The molecule has 0 aromatic heterocycles. The highest BCUT2D eigenvalue weighted by Crippen LogP contribution is 2.37. The van der Waals surface area contributed by atoms with Crippen LogP contribution in [0.4, 0.5) is 0 Å². The van der Waals surface area contributed by atoms with Gasteiger partial charge in [-0.05, 0) is 66.5 Å². The molecule has 0 radical (unpaired) electrons. The number of benzene rings is 2. The van der Waals surface area contributed by atoms with Crippen LogP contribution in [0.3, 0.4) is 0 Å². The maximum Gasteiger partial charge on any atom is 0.0420 e. The average Bonchev–Trinajstić information content (AvgIpc) is 2.46. The minimum Gasteiger partial charge on any atom is -0.324 e. The van der Waals surface area contributed by atoms with Crippen molar-refractivity contribution < 1.29 is 0 Å². The van der Waals surface area contributed by atoms with Crippen molar-refractivity contribution in [3.8, 4) is 0 Å². The number of aryl methyl sites for hydroxylation is 1. The first kappa shape index (κ1) is 15.1. The average molecular weight is 365 g/mol. The van der Waals surface area contributed by atoms with Crippen LogP contribution < -0.4 is 5.73 Å². The van der Waals surface area contributed by atoms with Gasteiger partial charge in [0, 0.05) is 15.5 Å². The first-order valence-corrected chi connectivity index (χ1v) is 8.60. The number of hydrogen-bond donors (Lipinski definition) is 1. The van der Waals surface area contributed by atoms with E-state index in [1.807, 2.05) is 12.1 Å². The van der Waals surface area contributed by atoms with E-state index in [1.165, 1.54) is 30.4 Å². The van der Waals surface area contributed by atoms with Crippen LogP contribution in [0.5, 0.6) is 0 Å². The molecular weight excluding hydrogens is 346 g/mol. The zero-order chi connectivity index (χ0) is 14.8. The van der Waals surface area contributed by atoms with Crippen molar-refractivity contribution in [3.05, 3.63) is 68.7 Å². The van der Waals surface area contributed by atoms with Gasteiger partial charge in [0.05, 0.1) is 0 Å². The Hall–Kier alpha value is -0.830. The maximum absolute atomic E-state index is 6.44. The molecule has 3 rings (SSSR count). The molecule has 3 heteroatoms. The summed E-state index contributed by atoms with van der Waals surface area (Å²) in [6.45, 7) is 0. The molecule has 0 saturated carbocycles. The maximum atomic E-state index is 6.44. The van der Waals surface area contributed by atoms with Crippen LogP contribution in [0.1, 0.15) is 47.9 Å². The van der Waals surface area contributed by atoms with Crippen LogP contribution in [0.25, 0.3) is 0 Å². The van der Waals surface area contributed by atoms with Gasteiger partial charge in [-0.2, -0.15) is 0 Å². The minimum atomic E-state index is 0.0242. The number of nitrogens with two attached hydrogens (primary N) is 1. The molecule has 2 N–H and O–H groups in total. The van der Waals surface area contributed by atoms with Crippen molar-refractivity contribution in [1.29, 1.82) is 0 Å². The summed E-state index contributed by atoms with van der Waals surface area (Å²) in [5, 5.41) is 0.735. The second-order valence-electron chi connectivity index (χ2n) is 5.83. The summed E-state index contributed by atoms with van der Waals surface area (Å²) in [7, 11) is 0. The lowest BCUT2D eigenvalue weighted by Gasteiger charge is -2.28. The lowest BCUT2D eigenvalue weighted by atomic mass is 9.79. The topological polar surface area (TPSA) is 26.0 Å². The van der Waals surface area contributed by atoms with Crippen LogP contribution in [0.15, 0.2) is 46.9 Å². The van der Waals surface area contributed by atoms with Gasteiger partial charge in [-0.3, -0.25) is 0 Å². The highest BCUT2D eigenvalue weighted by atomic mass is 79.9. The molecule has 0 aliphatic heterocycles. The fourth-order valence-corrected chi connectivity index (χ4v) is 4.22. The van der Waals surface area contributed by atoms with E-state index in [1.54, 1.807) is 0 Å². The van der Waals surface area contributed by atoms with Crippen molar-refractivity contribution in [3.63, 3.8) is 0 Å². The molecule has 1 aliphatic rings. The minimum absolute atomic E-state index is 0.0242. The van der Waals surface area contributed by atoms with E-state index in [0.717, 1.165) is 21.5 Å². The van der Waals surface area contributed by atoms with Crippen LogP contribution in [-0.2, 0) is 6.42 Å². The van der Waals surface area contributed by atoms with Gasteiger partial charge in [-0.1, -0.05) is 51.8 Å². The highest BCUT2D eigenvalue weighted by Gasteiger charge is 2.22. The summed E-state index contributed by atoms with van der Waals surface area (Å²) in [6.07, 6.45) is 4.66. The van der Waals surface area contributed by atoms with Gasteiger partial charge < -0.3 is 5.73 Å². The van der Waals surface area contributed by atoms with Crippen molar-refractivity contribution in [2.24, 2.45) is 5.73 Å². The lowest BCUT2D eigenvalue weighted by Crippen LogP contribution is -2.18. The monoisotopic (exact) mass is 363 g/mol. The molecule has 1 nitrogen and oxygen atoms in total. The normalized spacial score (nSPS) is 19.1. The third-order valence-electron chi connectivity index (χ3n) is 4.35. The van der Waals surface area contributed by atoms with Crippen molar-refractivity contribution in [2.75, 3.05) is 0 Å². The molecule has 0 bridgehead atoms. The molecule has 2 atom stereocenters. The van der Waals surface area contributed by atoms with E-state index in [0.29, 0.717) is 5.92 Å². The molecule has 0 spiro atoms. The SMILES string of the molecule is NC(CC1CCCc2ccccc21)c1cc(Cl)cc(Br)c1. The molecule has 110 valence electrons. The van der Waals surface area contributed by atoms with Gasteiger partial charge in [0.2, 0.25) is 0 Å². The Kier molecular flexibility index (Phi) is 4.68. The summed E-state index contributed by atoms with van der Waals surface area (Å²) in [6, 6.07) is 14.8. The number of fused-ring (bicyclic) bond motifs is 1. The number of halogens is 2. The summed E-state index contributed by atoms with van der Waals surface area (Å²) in [5.41, 5.74) is 10.5. The van der Waals surface area contributed by atoms with Gasteiger partial charge in [0.25, 0.3) is 0 Å². The Labute approximate surface area is 139 Å². The van der Waals surface area contributed by atoms with Gasteiger partial charge >= 0.3 is 0 Å². The predicted octanol–water partition coefficient (Wildman–Crippen LogP) is 5.61. The van der Waals surface area contributed by atoms with Crippen molar-refractivity contribution in [2.45, 2.75) is 37.6 Å². The van der Waals surface area contributed by atoms with E-state index in [4.69, 9.17) is 17.3 Å². The third kappa shape index (κ3) is 3.50. The summed E-state index contributed by atoms with van der Waals surface area (Å²) >= 11 is 9.62. The molecule has 0 saturated heterocycles. The van der Waals surface area contributed by atoms with E-state index in [2.05, 4.69) is 46.3 Å². The predicted molar refractivity (Wildman–Crippen MR) is 92.8 cm³/mol. The van der Waals surface area contributed by atoms with Gasteiger partial charge in [0.15, 0.2) is 0 Å². The first-order valence-electron chi connectivity index (χ1n) is 7.43. The molecule has 21 heavy (non-hydrogen) atoms. The quantitative estimate of drug-likeness (QED) is 0.752. The Morgan fingerprint density at radius 1 is 1.24 bits per heavy atom. The molecule has 2 unspecified atom stereocenters. The Morgan fingerprint density at radius 2 is 2.05 bits per heavy atom. The zero-order valence-electron chi connectivity index (χ0n) is 11.9. The molecule has 2 aromatic rings. The van der Waals surface area contributed by atoms with E-state index < -0.39 is 0 Å².